The summed E-state index contributed by atoms with van der Waals surface area (Å²) >= 11 is 0. The number of guanidine groups is 1. The Morgan fingerprint density at radius 3 is 2.95 bits per heavy atom. The fourth-order valence-corrected chi connectivity index (χ4v) is 1.86. The number of rotatable bonds is 6. The Kier molecular flexibility index (Phi) is 7.41. The number of nitrogens with two attached hydrogens (primary N) is 1. The van der Waals surface area contributed by atoms with Crippen molar-refractivity contribution >= 4 is 35.6 Å². The second-order valence-corrected chi connectivity index (χ2v) is 5.17. The van der Waals surface area contributed by atoms with Gasteiger partial charge in [-0.2, -0.15) is 0 Å². The zero-order valence-corrected chi connectivity index (χ0v) is 14.8. The van der Waals surface area contributed by atoms with Gasteiger partial charge in [0.15, 0.2) is 11.6 Å². The standard InChI is InChI=1S/C14H22N6.HI/c1-11(2)6-8-16-14(15)17-9-7-13-19-18-12-5-3-4-10-20(12)13;/h3-5,10-11H,6-9H2,1-2H3,(H3,15,16,17);1H. The molecule has 0 saturated heterocycles. The van der Waals surface area contributed by atoms with Gasteiger partial charge in [-0.25, -0.2) is 0 Å². The lowest BCUT2D eigenvalue weighted by atomic mass is 10.1. The van der Waals surface area contributed by atoms with Gasteiger partial charge in [-0.3, -0.25) is 9.39 Å². The number of hydrogen-bond donors (Lipinski definition) is 2. The highest BCUT2D eigenvalue weighted by atomic mass is 127. The summed E-state index contributed by atoms with van der Waals surface area (Å²) in [4.78, 5) is 4.29. The van der Waals surface area contributed by atoms with Gasteiger partial charge in [-0.1, -0.05) is 19.9 Å². The molecule has 7 heteroatoms. The van der Waals surface area contributed by atoms with Gasteiger partial charge in [-0.05, 0) is 24.5 Å². The van der Waals surface area contributed by atoms with Crippen LogP contribution in [-0.4, -0.2) is 33.6 Å². The lowest BCUT2D eigenvalue weighted by Gasteiger charge is -2.05. The monoisotopic (exact) mass is 402 g/mol. The van der Waals surface area contributed by atoms with E-state index in [1.54, 1.807) is 0 Å². The Balaban J connectivity index is 0.00000220. The van der Waals surface area contributed by atoms with Gasteiger partial charge in [0.05, 0.1) is 0 Å². The van der Waals surface area contributed by atoms with Crippen LogP contribution in [0.25, 0.3) is 5.65 Å². The summed E-state index contributed by atoms with van der Waals surface area (Å²) in [7, 11) is 0. The number of nitrogens with one attached hydrogen (secondary N) is 1. The minimum Gasteiger partial charge on any atom is -0.370 e. The van der Waals surface area contributed by atoms with Gasteiger partial charge >= 0.3 is 0 Å². The fraction of sp³-hybridized carbons (Fsp3) is 0.500. The average Bonchev–Trinajstić information content (AvgIpc) is 2.82. The van der Waals surface area contributed by atoms with Crippen LogP contribution < -0.4 is 11.1 Å². The molecular formula is C14H23IN6. The van der Waals surface area contributed by atoms with Gasteiger partial charge in [-0.15, -0.1) is 34.2 Å². The molecule has 116 valence electrons. The summed E-state index contributed by atoms with van der Waals surface area (Å²) in [5.41, 5.74) is 6.67. The summed E-state index contributed by atoms with van der Waals surface area (Å²) in [6, 6.07) is 5.85. The van der Waals surface area contributed by atoms with E-state index in [4.69, 9.17) is 5.73 Å². The molecule has 2 heterocycles. The highest BCUT2D eigenvalue weighted by molar-refractivity contribution is 14.0. The van der Waals surface area contributed by atoms with E-state index >= 15 is 0 Å². The predicted octanol–water partition coefficient (Wildman–Crippen LogP) is 1.84. The van der Waals surface area contributed by atoms with E-state index in [2.05, 4.69) is 34.4 Å². The van der Waals surface area contributed by atoms with E-state index in [1.807, 2.05) is 28.8 Å². The quantitative estimate of drug-likeness (QED) is 0.439. The predicted molar refractivity (Wildman–Crippen MR) is 96.1 cm³/mol. The second-order valence-electron chi connectivity index (χ2n) is 5.17. The van der Waals surface area contributed by atoms with E-state index in [-0.39, 0.29) is 24.0 Å². The Morgan fingerprint density at radius 1 is 1.38 bits per heavy atom. The zero-order chi connectivity index (χ0) is 14.4. The van der Waals surface area contributed by atoms with Crippen molar-refractivity contribution in [1.29, 1.82) is 0 Å². The molecule has 3 N–H and O–H groups in total. The first-order valence-electron chi connectivity index (χ1n) is 6.99. The van der Waals surface area contributed by atoms with Gasteiger partial charge in [0.1, 0.15) is 5.82 Å². The maximum Gasteiger partial charge on any atom is 0.188 e. The van der Waals surface area contributed by atoms with Crippen LogP contribution in [0.3, 0.4) is 0 Å². The smallest absolute Gasteiger partial charge is 0.188 e. The Morgan fingerprint density at radius 2 is 2.19 bits per heavy atom. The summed E-state index contributed by atoms with van der Waals surface area (Å²) in [6.07, 6.45) is 3.77. The molecule has 0 aliphatic rings. The van der Waals surface area contributed by atoms with Gasteiger partial charge < -0.3 is 11.1 Å². The SMILES string of the molecule is CC(C)CCN=C(N)NCCc1nnc2ccccn12.I. The minimum atomic E-state index is 0. The molecule has 0 atom stereocenters. The van der Waals surface area contributed by atoms with Gasteiger partial charge in [0, 0.05) is 25.7 Å². The third kappa shape index (κ3) is 5.49. The van der Waals surface area contributed by atoms with Crippen molar-refractivity contribution < 1.29 is 0 Å². The molecule has 0 amide bonds. The van der Waals surface area contributed by atoms with Crippen LogP contribution in [0.5, 0.6) is 0 Å². The average molecular weight is 402 g/mol. The van der Waals surface area contributed by atoms with E-state index in [9.17, 15) is 0 Å². The van der Waals surface area contributed by atoms with Crippen molar-refractivity contribution in [3.05, 3.63) is 30.2 Å². The van der Waals surface area contributed by atoms with Crippen LogP contribution >= 0.6 is 24.0 Å². The largest absolute Gasteiger partial charge is 0.370 e. The molecule has 0 unspecified atom stereocenters. The number of fused-ring (bicyclic) bond motifs is 1. The maximum absolute atomic E-state index is 5.81. The van der Waals surface area contributed by atoms with Crippen molar-refractivity contribution in [3.63, 3.8) is 0 Å². The normalized spacial score (nSPS) is 11.7. The highest BCUT2D eigenvalue weighted by Crippen LogP contribution is 2.02. The molecule has 0 spiro atoms. The van der Waals surface area contributed by atoms with E-state index < -0.39 is 0 Å². The molecule has 2 aromatic rings. The highest BCUT2D eigenvalue weighted by Gasteiger charge is 2.03. The topological polar surface area (TPSA) is 80.6 Å². The van der Waals surface area contributed by atoms with E-state index in [0.29, 0.717) is 18.4 Å². The first-order valence-corrected chi connectivity index (χ1v) is 6.99. The van der Waals surface area contributed by atoms with Gasteiger partial charge in [0.25, 0.3) is 0 Å². The summed E-state index contributed by atoms with van der Waals surface area (Å²) in [5.74, 6) is 2.07. The molecule has 0 bridgehead atoms. The van der Waals surface area contributed by atoms with Crippen molar-refractivity contribution in [3.8, 4) is 0 Å². The summed E-state index contributed by atoms with van der Waals surface area (Å²) in [5, 5.41) is 11.4. The third-order valence-electron chi connectivity index (χ3n) is 3.03. The van der Waals surface area contributed by atoms with Crippen molar-refractivity contribution in [2.45, 2.75) is 26.7 Å². The molecule has 6 nitrogen and oxygen atoms in total. The Bertz CT molecular complexity index is 578. The first-order chi connectivity index (χ1) is 9.66. The fourth-order valence-electron chi connectivity index (χ4n) is 1.86. The molecule has 0 aromatic carbocycles. The second kappa shape index (κ2) is 8.81. The van der Waals surface area contributed by atoms with Crippen molar-refractivity contribution in [2.24, 2.45) is 16.6 Å². The molecular weight excluding hydrogens is 379 g/mol. The first kappa shape index (κ1) is 17.7. The number of nitrogens with zero attached hydrogens (tertiary/aromatic N) is 4. The molecule has 0 radical (unpaired) electrons. The van der Waals surface area contributed by atoms with E-state index in [1.165, 1.54) is 0 Å². The molecule has 2 aromatic heterocycles. The molecule has 0 aliphatic carbocycles. The molecule has 0 fully saturated rings. The van der Waals surface area contributed by atoms with Crippen molar-refractivity contribution in [1.82, 2.24) is 19.9 Å². The molecule has 0 aliphatic heterocycles. The summed E-state index contributed by atoms with van der Waals surface area (Å²) in [6.45, 7) is 5.82. The van der Waals surface area contributed by atoms with Crippen LogP contribution in [0.1, 0.15) is 26.1 Å². The number of halogens is 1. The molecule has 21 heavy (non-hydrogen) atoms. The number of aliphatic imine (C=N–C) groups is 1. The molecule has 0 saturated carbocycles. The van der Waals surface area contributed by atoms with Crippen LogP contribution in [-0.2, 0) is 6.42 Å². The number of pyridine rings is 1. The number of aromatic nitrogens is 3. The lowest BCUT2D eigenvalue weighted by Crippen LogP contribution is -2.33. The minimum absolute atomic E-state index is 0. The van der Waals surface area contributed by atoms with Gasteiger partial charge in [0.2, 0.25) is 0 Å². The van der Waals surface area contributed by atoms with Crippen LogP contribution in [0.4, 0.5) is 0 Å². The zero-order valence-electron chi connectivity index (χ0n) is 12.5. The van der Waals surface area contributed by atoms with Crippen LogP contribution in [0.2, 0.25) is 0 Å². The van der Waals surface area contributed by atoms with E-state index in [0.717, 1.165) is 30.9 Å². The number of hydrogen-bond acceptors (Lipinski definition) is 3. The summed E-state index contributed by atoms with van der Waals surface area (Å²) < 4.78 is 1.98. The lowest BCUT2D eigenvalue weighted by molar-refractivity contribution is 0.595. The maximum atomic E-state index is 5.81. The van der Waals surface area contributed by atoms with Crippen molar-refractivity contribution in [2.75, 3.05) is 13.1 Å². The Hall–Kier alpha value is -1.38. The van der Waals surface area contributed by atoms with Crippen LogP contribution in [0.15, 0.2) is 29.4 Å². The molecule has 2 rings (SSSR count). The Labute approximate surface area is 142 Å². The van der Waals surface area contributed by atoms with Crippen LogP contribution in [0, 0.1) is 5.92 Å². The third-order valence-corrected chi connectivity index (χ3v) is 3.03.